The van der Waals surface area contributed by atoms with Crippen molar-refractivity contribution >= 4 is 11.4 Å². The van der Waals surface area contributed by atoms with Crippen molar-refractivity contribution in [2.75, 3.05) is 37.8 Å². The van der Waals surface area contributed by atoms with Gasteiger partial charge in [0.1, 0.15) is 5.75 Å². The van der Waals surface area contributed by atoms with E-state index in [9.17, 15) is 5.11 Å². The quantitative estimate of drug-likeness (QED) is 0.807. The molecule has 0 saturated carbocycles. The third kappa shape index (κ3) is 4.25. The highest BCUT2D eigenvalue weighted by Gasteiger charge is 2.31. The fraction of sp³-hybridized carbons (Fsp3) is 0.625. The third-order valence-corrected chi connectivity index (χ3v) is 3.59. The molecule has 5 nitrogen and oxygen atoms in total. The molecule has 3 N–H and O–H groups in total. The molecule has 1 saturated heterocycles. The summed E-state index contributed by atoms with van der Waals surface area (Å²) in [4.78, 5) is 4.38. The van der Waals surface area contributed by atoms with Gasteiger partial charge in [-0.2, -0.15) is 0 Å². The van der Waals surface area contributed by atoms with E-state index in [-0.39, 0.29) is 12.2 Å². The number of rotatable bonds is 5. The molecule has 1 aliphatic heterocycles. The summed E-state index contributed by atoms with van der Waals surface area (Å²) in [7, 11) is 4.10. The summed E-state index contributed by atoms with van der Waals surface area (Å²) in [5.74, 6) is 0.782. The normalized spacial score (nSPS) is 22.3. The lowest BCUT2D eigenvalue weighted by atomic mass is 10.1. The van der Waals surface area contributed by atoms with Crippen LogP contribution in [0, 0.1) is 0 Å². The maximum Gasteiger partial charge on any atom is 0.123 e. The highest BCUT2D eigenvalue weighted by molar-refractivity contribution is 5.61. The van der Waals surface area contributed by atoms with Gasteiger partial charge in [0.15, 0.2) is 0 Å². The molecule has 1 heterocycles. The molecule has 0 aromatic heterocycles. The molecule has 21 heavy (non-hydrogen) atoms. The Morgan fingerprint density at radius 1 is 1.38 bits per heavy atom. The molecule has 0 radical (unpaired) electrons. The number of ether oxygens (including phenoxy) is 1. The number of nitrogens with zero attached hydrogens (tertiary/aromatic N) is 2. The van der Waals surface area contributed by atoms with Crippen LogP contribution in [0.5, 0.6) is 5.75 Å². The molecule has 0 amide bonds. The first-order valence-corrected chi connectivity index (χ1v) is 7.52. The largest absolute Gasteiger partial charge is 0.491 e. The molecule has 0 spiro atoms. The number of hydrogen-bond donors (Lipinski definition) is 2. The summed E-state index contributed by atoms with van der Waals surface area (Å²) >= 11 is 0. The van der Waals surface area contributed by atoms with Gasteiger partial charge in [0.2, 0.25) is 0 Å². The zero-order valence-electron chi connectivity index (χ0n) is 13.4. The second-order valence-electron chi connectivity index (χ2n) is 6.38. The van der Waals surface area contributed by atoms with Crippen LogP contribution < -0.4 is 15.4 Å². The molecule has 5 heteroatoms. The van der Waals surface area contributed by atoms with E-state index in [2.05, 4.69) is 23.9 Å². The van der Waals surface area contributed by atoms with Crippen molar-refractivity contribution in [1.29, 1.82) is 0 Å². The van der Waals surface area contributed by atoms with Crippen molar-refractivity contribution in [3.8, 4) is 5.75 Å². The lowest BCUT2D eigenvalue weighted by Crippen LogP contribution is -2.37. The van der Waals surface area contributed by atoms with Crippen molar-refractivity contribution in [1.82, 2.24) is 4.90 Å². The van der Waals surface area contributed by atoms with E-state index in [0.717, 1.165) is 24.4 Å². The predicted octanol–water partition coefficient (Wildman–Crippen LogP) is 1.56. The number of anilines is 2. The molecule has 1 aromatic rings. The molecule has 0 bridgehead atoms. The summed E-state index contributed by atoms with van der Waals surface area (Å²) in [6, 6.07) is 6.10. The number of likely N-dealkylation sites (N-methyl/N-ethyl adjacent to an activating group) is 1. The Morgan fingerprint density at radius 2 is 2.10 bits per heavy atom. The highest BCUT2D eigenvalue weighted by Crippen LogP contribution is 2.31. The van der Waals surface area contributed by atoms with Gasteiger partial charge < -0.3 is 25.4 Å². The fourth-order valence-corrected chi connectivity index (χ4v) is 2.91. The molecule has 0 aliphatic carbocycles. The Bertz CT molecular complexity index is 477. The van der Waals surface area contributed by atoms with Gasteiger partial charge in [0, 0.05) is 42.6 Å². The minimum atomic E-state index is -0.286. The number of aliphatic hydroxyl groups is 1. The van der Waals surface area contributed by atoms with Gasteiger partial charge in [-0.15, -0.1) is 0 Å². The van der Waals surface area contributed by atoms with Gasteiger partial charge in [0.25, 0.3) is 0 Å². The predicted molar refractivity (Wildman–Crippen MR) is 86.9 cm³/mol. The Hall–Kier alpha value is -1.46. The average Bonchev–Trinajstić information content (AvgIpc) is 2.67. The van der Waals surface area contributed by atoms with Gasteiger partial charge in [-0.25, -0.2) is 0 Å². The monoisotopic (exact) mass is 293 g/mol. The molecule has 1 aromatic carbocycles. The summed E-state index contributed by atoms with van der Waals surface area (Å²) in [6.07, 6.45) is 0.611. The van der Waals surface area contributed by atoms with Crippen LogP contribution in [-0.4, -0.2) is 55.4 Å². The Labute approximate surface area is 127 Å². The van der Waals surface area contributed by atoms with Gasteiger partial charge in [-0.05, 0) is 40.4 Å². The molecular weight excluding hydrogens is 266 g/mol. The third-order valence-electron chi connectivity index (χ3n) is 3.59. The topological polar surface area (TPSA) is 62.0 Å². The molecule has 2 rings (SSSR count). The van der Waals surface area contributed by atoms with Crippen molar-refractivity contribution in [2.45, 2.75) is 38.5 Å². The van der Waals surface area contributed by atoms with Crippen LogP contribution in [0.2, 0.25) is 0 Å². The molecule has 1 aliphatic rings. The van der Waals surface area contributed by atoms with Crippen LogP contribution in [0.3, 0.4) is 0 Å². The number of β-amino-alcohol motifs (C(OH)–C–C–N with tert-alkyl or cyclic N) is 1. The second kappa shape index (κ2) is 6.54. The first-order chi connectivity index (χ1) is 9.85. The van der Waals surface area contributed by atoms with Crippen LogP contribution in [-0.2, 0) is 0 Å². The van der Waals surface area contributed by atoms with Crippen LogP contribution in [0.25, 0.3) is 0 Å². The lowest BCUT2D eigenvalue weighted by molar-refractivity contribution is 0.191. The standard InChI is InChI=1S/C16H27N3O2/c1-11(2)21-16-6-12(17)5-13(8-16)19-10-15(20)7-14(19)9-18(3)4/h5-6,8,11,14-15,20H,7,9-10,17H2,1-4H3. The van der Waals surface area contributed by atoms with E-state index < -0.39 is 0 Å². The minimum Gasteiger partial charge on any atom is -0.491 e. The van der Waals surface area contributed by atoms with Crippen LogP contribution in [0.4, 0.5) is 11.4 Å². The molecule has 1 fully saturated rings. The summed E-state index contributed by atoms with van der Waals surface area (Å²) in [5, 5.41) is 10.0. The van der Waals surface area contributed by atoms with Crippen molar-refractivity contribution in [3.63, 3.8) is 0 Å². The number of nitrogen functional groups attached to an aromatic ring is 1. The summed E-state index contributed by atoms with van der Waals surface area (Å²) in [5.41, 5.74) is 7.71. The molecular formula is C16H27N3O2. The maximum absolute atomic E-state index is 10.0. The van der Waals surface area contributed by atoms with Crippen molar-refractivity contribution in [3.05, 3.63) is 18.2 Å². The van der Waals surface area contributed by atoms with Gasteiger partial charge >= 0.3 is 0 Å². The Morgan fingerprint density at radius 3 is 2.71 bits per heavy atom. The SMILES string of the molecule is CC(C)Oc1cc(N)cc(N2CC(O)CC2CN(C)C)c1. The van der Waals surface area contributed by atoms with Crippen molar-refractivity contribution < 1.29 is 9.84 Å². The van der Waals surface area contributed by atoms with Crippen molar-refractivity contribution in [2.24, 2.45) is 0 Å². The van der Waals surface area contributed by atoms with E-state index in [4.69, 9.17) is 10.5 Å². The zero-order chi connectivity index (χ0) is 15.6. The Kier molecular flexibility index (Phi) is 4.96. The van der Waals surface area contributed by atoms with E-state index >= 15 is 0 Å². The molecule has 118 valence electrons. The number of benzene rings is 1. The molecule has 2 atom stereocenters. The van der Waals surface area contributed by atoms with Gasteiger partial charge in [-0.3, -0.25) is 0 Å². The minimum absolute atomic E-state index is 0.112. The van der Waals surface area contributed by atoms with E-state index in [1.807, 2.05) is 32.0 Å². The zero-order valence-corrected chi connectivity index (χ0v) is 13.4. The van der Waals surface area contributed by atoms with E-state index in [0.29, 0.717) is 18.3 Å². The number of hydrogen-bond acceptors (Lipinski definition) is 5. The van der Waals surface area contributed by atoms with Gasteiger partial charge in [0.05, 0.1) is 12.2 Å². The van der Waals surface area contributed by atoms with Crippen LogP contribution >= 0.6 is 0 Å². The lowest BCUT2D eigenvalue weighted by Gasteiger charge is -2.29. The van der Waals surface area contributed by atoms with Crippen LogP contribution in [0.1, 0.15) is 20.3 Å². The van der Waals surface area contributed by atoms with E-state index in [1.54, 1.807) is 0 Å². The number of nitrogens with two attached hydrogens (primary N) is 1. The smallest absolute Gasteiger partial charge is 0.123 e. The fourth-order valence-electron chi connectivity index (χ4n) is 2.91. The van der Waals surface area contributed by atoms with E-state index in [1.165, 1.54) is 0 Å². The summed E-state index contributed by atoms with van der Waals surface area (Å²) < 4.78 is 5.76. The van der Waals surface area contributed by atoms with Gasteiger partial charge in [-0.1, -0.05) is 0 Å². The number of aliphatic hydroxyl groups excluding tert-OH is 1. The highest BCUT2D eigenvalue weighted by atomic mass is 16.5. The first kappa shape index (κ1) is 15.9. The Balaban J connectivity index is 2.24. The maximum atomic E-state index is 10.0. The van der Waals surface area contributed by atoms with Crippen LogP contribution in [0.15, 0.2) is 18.2 Å². The molecule has 2 unspecified atom stereocenters. The average molecular weight is 293 g/mol. The second-order valence-corrected chi connectivity index (χ2v) is 6.38. The summed E-state index contributed by atoms with van der Waals surface area (Å²) in [6.45, 7) is 5.55. The first-order valence-electron chi connectivity index (χ1n) is 7.52.